The van der Waals surface area contributed by atoms with Crippen LogP contribution in [0.4, 0.5) is 0 Å². The van der Waals surface area contributed by atoms with E-state index in [-0.39, 0.29) is 23.6 Å². The molecule has 0 fully saturated rings. The van der Waals surface area contributed by atoms with E-state index in [1.165, 1.54) is 28.2 Å². The van der Waals surface area contributed by atoms with Crippen LogP contribution in [0.25, 0.3) is 10.1 Å². The Hall–Kier alpha value is -2.80. The van der Waals surface area contributed by atoms with Crippen molar-refractivity contribution in [3.8, 4) is 0 Å². The van der Waals surface area contributed by atoms with Crippen LogP contribution in [0.15, 0.2) is 41.2 Å². The summed E-state index contributed by atoms with van der Waals surface area (Å²) in [4.78, 5) is 36.8. The van der Waals surface area contributed by atoms with Crippen molar-refractivity contribution in [1.29, 1.82) is 0 Å². The Morgan fingerprint density at radius 2 is 1.96 bits per heavy atom. The molecule has 0 atom stereocenters. The second-order valence-electron chi connectivity index (χ2n) is 5.83. The lowest BCUT2D eigenvalue weighted by Crippen LogP contribution is -2.25. The van der Waals surface area contributed by atoms with Gasteiger partial charge in [0.1, 0.15) is 0 Å². The molecule has 3 aromatic rings. The summed E-state index contributed by atoms with van der Waals surface area (Å²) in [5, 5.41) is 5.01. The summed E-state index contributed by atoms with van der Waals surface area (Å²) in [6.45, 7) is 3.85. The van der Waals surface area contributed by atoms with Crippen molar-refractivity contribution < 1.29 is 14.3 Å². The number of nitrogens with zero attached hydrogens (tertiary/aromatic N) is 2. The first kappa shape index (κ1) is 18.0. The quantitative estimate of drug-likeness (QED) is 0.492. The number of rotatable bonds is 6. The average Bonchev–Trinajstić information content (AvgIpc) is 2.98. The maximum atomic E-state index is 12.5. The van der Waals surface area contributed by atoms with Gasteiger partial charge in [-0.05, 0) is 36.4 Å². The van der Waals surface area contributed by atoms with Crippen LogP contribution < -0.4 is 5.56 Å². The van der Waals surface area contributed by atoms with E-state index in [1.807, 2.05) is 38.1 Å². The number of thiophene rings is 1. The van der Waals surface area contributed by atoms with Crippen molar-refractivity contribution in [3.05, 3.63) is 62.9 Å². The highest BCUT2D eigenvalue weighted by atomic mass is 32.1. The van der Waals surface area contributed by atoms with Gasteiger partial charge in [0, 0.05) is 17.3 Å². The molecule has 7 heteroatoms. The number of hydrogen-bond acceptors (Lipinski definition) is 6. The fraction of sp³-hybridized carbons (Fsp3) is 0.263. The van der Waals surface area contributed by atoms with Gasteiger partial charge in [0.2, 0.25) is 5.78 Å². The zero-order valence-corrected chi connectivity index (χ0v) is 15.3. The van der Waals surface area contributed by atoms with Gasteiger partial charge in [0.25, 0.3) is 5.56 Å². The van der Waals surface area contributed by atoms with Crippen molar-refractivity contribution in [1.82, 2.24) is 9.78 Å². The van der Waals surface area contributed by atoms with E-state index in [2.05, 4.69) is 5.10 Å². The number of fused-ring (bicyclic) bond motifs is 1. The molecule has 3 rings (SSSR count). The number of hydrogen-bond donors (Lipinski definition) is 0. The molecular formula is C19H18N2O4S. The minimum absolute atomic E-state index is 0.0129. The summed E-state index contributed by atoms with van der Waals surface area (Å²) in [5.41, 5.74) is 0.626. The van der Waals surface area contributed by atoms with Crippen LogP contribution >= 0.6 is 11.3 Å². The molecule has 2 heterocycles. The van der Waals surface area contributed by atoms with Crippen LogP contribution in [-0.2, 0) is 11.3 Å². The number of carbonyl (C=O) groups is 2. The van der Waals surface area contributed by atoms with E-state index in [1.54, 1.807) is 0 Å². The lowest BCUT2D eigenvalue weighted by Gasteiger charge is -2.06. The Morgan fingerprint density at radius 1 is 1.19 bits per heavy atom. The number of aryl methyl sites for hydroxylation is 2. The maximum Gasteiger partial charge on any atom is 0.359 e. The molecule has 0 aliphatic carbocycles. The predicted octanol–water partition coefficient (Wildman–Crippen LogP) is 3.22. The number of ketones is 1. The van der Waals surface area contributed by atoms with Crippen LogP contribution in [0.1, 0.15) is 39.1 Å². The van der Waals surface area contributed by atoms with Crippen LogP contribution in [0.2, 0.25) is 0 Å². The molecule has 6 nitrogen and oxygen atoms in total. The molecule has 0 aliphatic rings. The summed E-state index contributed by atoms with van der Waals surface area (Å²) in [6, 6.07) is 10.3. The van der Waals surface area contributed by atoms with Gasteiger partial charge < -0.3 is 4.74 Å². The normalized spacial score (nSPS) is 10.8. The van der Waals surface area contributed by atoms with E-state index in [9.17, 15) is 14.4 Å². The Kier molecular flexibility index (Phi) is 5.27. The molecule has 0 saturated heterocycles. The molecule has 0 spiro atoms. The summed E-state index contributed by atoms with van der Waals surface area (Å²) < 4.78 is 7.35. The highest BCUT2D eigenvalue weighted by Crippen LogP contribution is 2.30. The summed E-state index contributed by atoms with van der Waals surface area (Å²) in [6.07, 6.45) is 0.717. The highest BCUT2D eigenvalue weighted by molar-refractivity contribution is 7.21. The second kappa shape index (κ2) is 7.61. The third kappa shape index (κ3) is 3.57. The Bertz CT molecular complexity index is 1040. The largest absolute Gasteiger partial charge is 0.452 e. The van der Waals surface area contributed by atoms with Crippen molar-refractivity contribution in [2.45, 2.75) is 26.8 Å². The van der Waals surface area contributed by atoms with Crippen LogP contribution in [0.3, 0.4) is 0 Å². The Balaban J connectivity index is 1.72. The number of carbonyl (C=O) groups excluding carboxylic acids is 2. The number of esters is 1. The van der Waals surface area contributed by atoms with E-state index >= 15 is 0 Å². The smallest absolute Gasteiger partial charge is 0.359 e. The van der Waals surface area contributed by atoms with Crippen LogP contribution in [0.5, 0.6) is 0 Å². The Morgan fingerprint density at radius 3 is 2.69 bits per heavy atom. The van der Waals surface area contributed by atoms with E-state index in [4.69, 9.17) is 4.74 Å². The topological polar surface area (TPSA) is 78.3 Å². The first-order valence-electron chi connectivity index (χ1n) is 8.28. The minimum atomic E-state index is -0.720. The lowest BCUT2D eigenvalue weighted by atomic mass is 10.1. The first-order chi connectivity index (χ1) is 12.5. The number of Topliss-reactive ketones (excluding diaryl/α,β-unsaturated/α-hetero) is 1. The SMILES string of the molecule is CCCn1nc(C(=O)OCC(=O)c2sc3ccccc3c2C)ccc1=O. The van der Waals surface area contributed by atoms with Gasteiger partial charge in [0.05, 0.1) is 4.88 Å². The van der Waals surface area contributed by atoms with E-state index in [0.29, 0.717) is 11.4 Å². The van der Waals surface area contributed by atoms with Crippen molar-refractivity contribution in [2.24, 2.45) is 0 Å². The third-order valence-corrected chi connectivity index (χ3v) is 5.26. The van der Waals surface area contributed by atoms with Gasteiger partial charge in [-0.2, -0.15) is 5.10 Å². The maximum absolute atomic E-state index is 12.5. The van der Waals surface area contributed by atoms with Gasteiger partial charge in [-0.15, -0.1) is 11.3 Å². The van der Waals surface area contributed by atoms with Gasteiger partial charge in [0.15, 0.2) is 12.3 Å². The van der Waals surface area contributed by atoms with Gasteiger partial charge in [-0.25, -0.2) is 9.48 Å². The fourth-order valence-corrected chi connectivity index (χ4v) is 3.77. The summed E-state index contributed by atoms with van der Waals surface area (Å²) in [7, 11) is 0. The highest BCUT2D eigenvalue weighted by Gasteiger charge is 2.18. The van der Waals surface area contributed by atoms with E-state index in [0.717, 1.165) is 22.1 Å². The molecule has 0 aliphatic heterocycles. The van der Waals surface area contributed by atoms with Crippen LogP contribution in [0, 0.1) is 6.92 Å². The zero-order valence-electron chi connectivity index (χ0n) is 14.5. The van der Waals surface area contributed by atoms with Gasteiger partial charge in [-0.3, -0.25) is 9.59 Å². The van der Waals surface area contributed by atoms with Crippen molar-refractivity contribution >= 4 is 33.2 Å². The number of benzene rings is 1. The van der Waals surface area contributed by atoms with Crippen molar-refractivity contribution in [3.63, 3.8) is 0 Å². The molecule has 26 heavy (non-hydrogen) atoms. The Labute approximate surface area is 154 Å². The number of ether oxygens (including phenoxy) is 1. The standard InChI is InChI=1S/C19H18N2O4S/c1-3-10-21-17(23)9-8-14(20-21)19(24)25-11-15(22)18-12(2)13-6-4-5-7-16(13)26-18/h4-9H,3,10-11H2,1-2H3. The average molecular weight is 370 g/mol. The van der Waals surface area contributed by atoms with E-state index < -0.39 is 5.97 Å². The molecular weight excluding hydrogens is 352 g/mol. The predicted molar refractivity (Wildman–Crippen MR) is 100.0 cm³/mol. The fourth-order valence-electron chi connectivity index (χ4n) is 2.64. The molecule has 0 radical (unpaired) electrons. The number of aromatic nitrogens is 2. The molecule has 0 N–H and O–H groups in total. The minimum Gasteiger partial charge on any atom is -0.452 e. The zero-order chi connectivity index (χ0) is 18.7. The summed E-state index contributed by atoms with van der Waals surface area (Å²) in [5.74, 6) is -0.971. The molecule has 2 aromatic heterocycles. The molecule has 0 bridgehead atoms. The van der Waals surface area contributed by atoms with Crippen molar-refractivity contribution in [2.75, 3.05) is 6.61 Å². The summed E-state index contributed by atoms with van der Waals surface area (Å²) >= 11 is 1.39. The lowest BCUT2D eigenvalue weighted by molar-refractivity contribution is 0.0467. The second-order valence-corrected chi connectivity index (χ2v) is 6.88. The van der Waals surface area contributed by atoms with Gasteiger partial charge in [-0.1, -0.05) is 25.1 Å². The molecule has 134 valence electrons. The van der Waals surface area contributed by atoms with Crippen LogP contribution in [-0.4, -0.2) is 28.1 Å². The molecule has 0 amide bonds. The molecule has 1 aromatic carbocycles. The monoisotopic (exact) mass is 370 g/mol. The molecule has 0 unspecified atom stereocenters. The third-order valence-electron chi connectivity index (χ3n) is 3.94. The van der Waals surface area contributed by atoms with Gasteiger partial charge >= 0.3 is 5.97 Å². The first-order valence-corrected chi connectivity index (χ1v) is 9.09. The molecule has 0 saturated carbocycles.